The van der Waals surface area contributed by atoms with Crippen LogP contribution in [0.15, 0.2) is 70.0 Å². The molecule has 1 aromatic heterocycles. The molecular formula is C22H14F3NO3S2. The summed E-state index contributed by atoms with van der Waals surface area (Å²) in [5.74, 6) is 0.949. The van der Waals surface area contributed by atoms with Crippen molar-refractivity contribution in [3.63, 3.8) is 0 Å². The minimum atomic E-state index is -4.44. The van der Waals surface area contributed by atoms with Gasteiger partial charge in [-0.05, 0) is 48.5 Å². The molecule has 0 bridgehead atoms. The van der Waals surface area contributed by atoms with Gasteiger partial charge in [0.05, 0.1) is 23.3 Å². The Morgan fingerprint density at radius 1 is 1.10 bits per heavy atom. The topological polar surface area (TPSA) is 42.7 Å². The van der Waals surface area contributed by atoms with Gasteiger partial charge < -0.3 is 9.15 Å². The van der Waals surface area contributed by atoms with E-state index in [4.69, 9.17) is 21.4 Å². The first kappa shape index (κ1) is 21.2. The number of nitrogens with zero attached hydrogens (tertiary/aromatic N) is 1. The van der Waals surface area contributed by atoms with E-state index in [-0.39, 0.29) is 11.7 Å². The number of benzene rings is 2. The average molecular weight is 461 g/mol. The molecule has 1 fully saturated rings. The highest BCUT2D eigenvalue weighted by Gasteiger charge is 2.34. The Bertz CT molecular complexity index is 1180. The molecule has 0 saturated carbocycles. The number of carbonyl (C=O) groups excluding carboxylic acids is 1. The molecule has 0 N–H and O–H groups in total. The summed E-state index contributed by atoms with van der Waals surface area (Å²) < 4.78 is 50.0. The van der Waals surface area contributed by atoms with Crippen LogP contribution in [0.5, 0.6) is 5.75 Å². The molecule has 2 aromatic carbocycles. The Labute approximate surface area is 185 Å². The van der Waals surface area contributed by atoms with E-state index in [1.807, 2.05) is 0 Å². The van der Waals surface area contributed by atoms with Gasteiger partial charge in [-0.2, -0.15) is 13.2 Å². The number of rotatable bonds is 4. The van der Waals surface area contributed by atoms with Gasteiger partial charge in [0.1, 0.15) is 17.3 Å². The number of methoxy groups -OCH3 is 1. The third-order valence-corrected chi connectivity index (χ3v) is 5.80. The van der Waals surface area contributed by atoms with E-state index in [0.29, 0.717) is 32.0 Å². The van der Waals surface area contributed by atoms with Crippen LogP contribution < -0.4 is 9.64 Å². The second-order valence-electron chi connectivity index (χ2n) is 6.50. The number of ether oxygens (including phenoxy) is 1. The van der Waals surface area contributed by atoms with Crippen molar-refractivity contribution in [1.82, 2.24) is 0 Å². The van der Waals surface area contributed by atoms with Crippen molar-refractivity contribution in [2.45, 2.75) is 6.18 Å². The quantitative estimate of drug-likeness (QED) is 0.333. The lowest BCUT2D eigenvalue weighted by Gasteiger charge is -2.14. The van der Waals surface area contributed by atoms with Crippen LogP contribution in [-0.4, -0.2) is 17.3 Å². The molecule has 0 spiro atoms. The molecule has 3 aromatic rings. The van der Waals surface area contributed by atoms with Crippen molar-refractivity contribution in [3.8, 4) is 17.1 Å². The molecule has 0 atom stereocenters. The maximum absolute atomic E-state index is 13.0. The summed E-state index contributed by atoms with van der Waals surface area (Å²) in [6, 6.07) is 14.9. The van der Waals surface area contributed by atoms with E-state index in [1.165, 1.54) is 23.1 Å². The van der Waals surface area contributed by atoms with Crippen molar-refractivity contribution < 1.29 is 27.1 Å². The van der Waals surface area contributed by atoms with Gasteiger partial charge in [0, 0.05) is 11.6 Å². The molecule has 9 heteroatoms. The lowest BCUT2D eigenvalue weighted by atomic mass is 10.1. The molecular weight excluding hydrogens is 447 g/mol. The summed E-state index contributed by atoms with van der Waals surface area (Å²) >= 11 is 6.47. The second-order valence-corrected chi connectivity index (χ2v) is 8.17. The van der Waals surface area contributed by atoms with Crippen LogP contribution in [0.25, 0.3) is 17.4 Å². The molecule has 0 radical (unpaired) electrons. The largest absolute Gasteiger partial charge is 0.497 e. The van der Waals surface area contributed by atoms with Crippen LogP contribution >= 0.6 is 24.0 Å². The molecule has 1 aliphatic rings. The van der Waals surface area contributed by atoms with Gasteiger partial charge in [0.15, 0.2) is 4.32 Å². The Morgan fingerprint density at radius 2 is 1.84 bits per heavy atom. The first-order valence-corrected chi connectivity index (χ1v) is 10.2. The van der Waals surface area contributed by atoms with Gasteiger partial charge >= 0.3 is 6.18 Å². The van der Waals surface area contributed by atoms with Crippen LogP contribution in [0.2, 0.25) is 0 Å². The zero-order chi connectivity index (χ0) is 22.2. The lowest BCUT2D eigenvalue weighted by molar-refractivity contribution is -0.137. The number of hydrogen-bond acceptors (Lipinski definition) is 5. The normalized spacial score (nSPS) is 15.7. The number of halogens is 3. The Balaban J connectivity index is 1.58. The first-order chi connectivity index (χ1) is 14.8. The number of thiocarbonyl (C=S) groups is 1. The Morgan fingerprint density at radius 3 is 2.52 bits per heavy atom. The number of carbonyl (C=O) groups is 1. The standard InChI is InChI=1S/C22H14F3NO3S2/c1-28-16-7-5-15(6-8-16)26-20(27)19(31-21(26)30)12-17-9-10-18(29-17)13-3-2-4-14(11-13)22(23,24)25/h2-12H,1H3. The van der Waals surface area contributed by atoms with Crippen molar-refractivity contribution in [2.75, 3.05) is 12.0 Å². The fourth-order valence-corrected chi connectivity index (χ4v) is 4.26. The van der Waals surface area contributed by atoms with Gasteiger partial charge in [-0.25, -0.2) is 0 Å². The molecule has 0 aliphatic carbocycles. The van der Waals surface area contributed by atoms with E-state index in [0.717, 1.165) is 23.9 Å². The number of furan rings is 1. The van der Waals surface area contributed by atoms with Gasteiger partial charge in [-0.1, -0.05) is 36.1 Å². The second kappa shape index (κ2) is 8.24. The Hall–Kier alpha value is -3.04. The maximum atomic E-state index is 13.0. The Kier molecular flexibility index (Phi) is 5.63. The van der Waals surface area contributed by atoms with E-state index in [9.17, 15) is 18.0 Å². The number of hydrogen-bond donors (Lipinski definition) is 0. The average Bonchev–Trinajstić information content (AvgIpc) is 3.32. The van der Waals surface area contributed by atoms with Gasteiger partial charge in [0.2, 0.25) is 0 Å². The third kappa shape index (κ3) is 4.38. The van der Waals surface area contributed by atoms with Crippen molar-refractivity contribution in [3.05, 3.63) is 76.9 Å². The van der Waals surface area contributed by atoms with Crippen LogP contribution in [-0.2, 0) is 11.0 Å². The van der Waals surface area contributed by atoms with E-state index in [1.54, 1.807) is 43.5 Å². The highest BCUT2D eigenvalue weighted by atomic mass is 32.2. The molecule has 1 saturated heterocycles. The summed E-state index contributed by atoms with van der Waals surface area (Å²) in [6.45, 7) is 0. The van der Waals surface area contributed by atoms with Crippen molar-refractivity contribution in [1.29, 1.82) is 0 Å². The highest BCUT2D eigenvalue weighted by molar-refractivity contribution is 8.27. The smallest absolute Gasteiger partial charge is 0.416 e. The molecule has 1 aliphatic heterocycles. The summed E-state index contributed by atoms with van der Waals surface area (Å²) in [5.41, 5.74) is 0.138. The molecule has 0 unspecified atom stereocenters. The van der Waals surface area contributed by atoms with Crippen LogP contribution in [0.1, 0.15) is 11.3 Å². The number of amides is 1. The zero-order valence-corrected chi connectivity index (χ0v) is 17.6. The summed E-state index contributed by atoms with van der Waals surface area (Å²) in [4.78, 5) is 14.6. The molecule has 4 nitrogen and oxygen atoms in total. The predicted octanol–water partition coefficient (Wildman–Crippen LogP) is 6.38. The monoisotopic (exact) mass is 461 g/mol. The molecule has 2 heterocycles. The summed E-state index contributed by atoms with van der Waals surface area (Å²) in [5, 5.41) is 0. The van der Waals surface area contributed by atoms with Crippen molar-refractivity contribution in [2.24, 2.45) is 0 Å². The lowest BCUT2D eigenvalue weighted by Crippen LogP contribution is -2.27. The highest BCUT2D eigenvalue weighted by Crippen LogP contribution is 2.37. The van der Waals surface area contributed by atoms with Crippen molar-refractivity contribution >= 4 is 46.0 Å². The van der Waals surface area contributed by atoms with Gasteiger partial charge in [0.25, 0.3) is 5.91 Å². The van der Waals surface area contributed by atoms with Crippen LogP contribution in [0.3, 0.4) is 0 Å². The third-order valence-electron chi connectivity index (χ3n) is 4.50. The SMILES string of the molecule is COc1ccc(N2C(=O)C(=Cc3ccc(-c4cccc(C(F)(F)F)c4)o3)SC2=S)cc1. The fraction of sp³-hybridized carbons (Fsp3) is 0.0909. The molecule has 4 rings (SSSR count). The number of alkyl halides is 3. The zero-order valence-electron chi connectivity index (χ0n) is 16.0. The van der Waals surface area contributed by atoms with E-state index < -0.39 is 11.7 Å². The van der Waals surface area contributed by atoms with Crippen LogP contribution in [0.4, 0.5) is 18.9 Å². The minimum absolute atomic E-state index is 0.267. The predicted molar refractivity (Wildman–Crippen MR) is 118 cm³/mol. The van der Waals surface area contributed by atoms with Crippen LogP contribution in [0, 0.1) is 0 Å². The minimum Gasteiger partial charge on any atom is -0.497 e. The van der Waals surface area contributed by atoms with E-state index in [2.05, 4.69) is 0 Å². The van der Waals surface area contributed by atoms with Gasteiger partial charge in [-0.3, -0.25) is 9.69 Å². The summed E-state index contributed by atoms with van der Waals surface area (Å²) in [7, 11) is 1.55. The van der Waals surface area contributed by atoms with E-state index >= 15 is 0 Å². The maximum Gasteiger partial charge on any atom is 0.416 e. The fourth-order valence-electron chi connectivity index (χ4n) is 2.99. The summed E-state index contributed by atoms with van der Waals surface area (Å²) in [6.07, 6.45) is -2.92. The molecule has 31 heavy (non-hydrogen) atoms. The van der Waals surface area contributed by atoms with Gasteiger partial charge in [-0.15, -0.1) is 0 Å². The first-order valence-electron chi connectivity index (χ1n) is 8.96. The molecule has 158 valence electrons. The number of thioether (sulfide) groups is 1. The molecule has 1 amide bonds. The number of anilines is 1.